The minimum atomic E-state index is 0.0596. The van der Waals surface area contributed by atoms with E-state index in [1.807, 2.05) is 0 Å². The maximum Gasteiger partial charge on any atom is 0.0839 e. The van der Waals surface area contributed by atoms with Crippen LogP contribution in [-0.2, 0) is 0 Å². The smallest absolute Gasteiger partial charge is 0.0839 e. The van der Waals surface area contributed by atoms with Gasteiger partial charge in [0, 0.05) is 33.5 Å². The van der Waals surface area contributed by atoms with Gasteiger partial charge in [0.1, 0.15) is 0 Å². The topological polar surface area (TPSA) is 36.1 Å². The van der Waals surface area contributed by atoms with Crippen molar-refractivity contribution in [3.8, 4) is 0 Å². The van der Waals surface area contributed by atoms with Crippen LogP contribution in [0.25, 0.3) is 0 Å². The summed E-state index contributed by atoms with van der Waals surface area (Å²) in [4.78, 5) is 0. The highest BCUT2D eigenvalue weighted by Gasteiger charge is 2.49. The molecule has 4 heteroatoms. The number of nitrogens with one attached hydrogen (secondary N) is 3. The van der Waals surface area contributed by atoms with Gasteiger partial charge in [0.05, 0.1) is 5.66 Å². The van der Waals surface area contributed by atoms with E-state index in [1.54, 1.807) is 0 Å². The largest absolute Gasteiger partial charge is 0.310 e. The van der Waals surface area contributed by atoms with Crippen molar-refractivity contribution < 1.29 is 0 Å². The Kier molecular flexibility index (Phi) is 6.05. The van der Waals surface area contributed by atoms with Crippen molar-refractivity contribution in [3.05, 3.63) is 0 Å². The summed E-state index contributed by atoms with van der Waals surface area (Å²) in [5.74, 6) is 0. The summed E-state index contributed by atoms with van der Waals surface area (Å²) in [6, 6.07) is 1.55. The Morgan fingerprint density at radius 1 is 0.737 bits per heavy atom. The van der Waals surface area contributed by atoms with Crippen LogP contribution < -0.4 is 16.0 Å². The third kappa shape index (κ3) is 4.28. The third-order valence-corrected chi connectivity index (χ3v) is 5.74. The third-order valence-electron chi connectivity index (χ3n) is 4.10. The van der Waals surface area contributed by atoms with Crippen molar-refractivity contribution in [2.75, 3.05) is 0 Å². The van der Waals surface area contributed by atoms with E-state index in [-0.39, 0.29) is 10.8 Å². The van der Waals surface area contributed by atoms with Gasteiger partial charge in [0.25, 0.3) is 0 Å². The molecule has 0 amide bonds. The predicted octanol–water partition coefficient (Wildman–Crippen LogP) is 1.31. The molecular formula is C15H35N3Si. The number of hydrogen-bond acceptors (Lipinski definition) is 3. The Balaban J connectivity index is 3.05. The van der Waals surface area contributed by atoms with Crippen molar-refractivity contribution in [2.45, 2.75) is 96.2 Å². The van der Waals surface area contributed by atoms with Crippen LogP contribution in [0.5, 0.6) is 0 Å². The molecule has 1 rings (SSSR count). The van der Waals surface area contributed by atoms with E-state index in [0.29, 0.717) is 18.1 Å². The van der Waals surface area contributed by atoms with Crippen LogP contribution in [-0.4, -0.2) is 39.2 Å². The van der Waals surface area contributed by atoms with Crippen molar-refractivity contribution in [2.24, 2.45) is 0 Å². The molecule has 0 aliphatic heterocycles. The SMILES string of the molecule is CC(C)NC1([SiH3])CCCCC1(NC(C)C)NC(C)C. The van der Waals surface area contributed by atoms with Crippen molar-refractivity contribution >= 4 is 10.2 Å². The van der Waals surface area contributed by atoms with Crippen LogP contribution in [0.4, 0.5) is 0 Å². The first-order valence-corrected chi connectivity index (χ1v) is 9.04. The van der Waals surface area contributed by atoms with E-state index in [4.69, 9.17) is 0 Å². The van der Waals surface area contributed by atoms with Crippen LogP contribution in [0.2, 0.25) is 0 Å². The van der Waals surface area contributed by atoms with Gasteiger partial charge in [-0.25, -0.2) is 0 Å². The number of rotatable bonds is 6. The van der Waals surface area contributed by atoms with Gasteiger partial charge in [-0.15, -0.1) is 0 Å². The molecule has 114 valence electrons. The summed E-state index contributed by atoms with van der Waals surface area (Å²) in [6.07, 6.45) is 5.19. The molecule has 0 aromatic heterocycles. The lowest BCUT2D eigenvalue weighted by molar-refractivity contribution is 0.0753. The molecule has 0 radical (unpaired) electrons. The van der Waals surface area contributed by atoms with Gasteiger partial charge in [-0.2, -0.15) is 0 Å². The monoisotopic (exact) mass is 285 g/mol. The van der Waals surface area contributed by atoms with Crippen LogP contribution >= 0.6 is 0 Å². The lowest BCUT2D eigenvalue weighted by atomic mass is 9.81. The van der Waals surface area contributed by atoms with E-state index >= 15 is 0 Å². The first kappa shape index (κ1) is 17.1. The summed E-state index contributed by atoms with van der Waals surface area (Å²) in [5.41, 5.74) is 0.0596. The van der Waals surface area contributed by atoms with E-state index in [1.165, 1.54) is 25.7 Å². The van der Waals surface area contributed by atoms with Crippen LogP contribution in [0, 0.1) is 0 Å². The van der Waals surface area contributed by atoms with Gasteiger partial charge in [-0.3, -0.25) is 10.6 Å². The zero-order chi connectivity index (χ0) is 14.7. The van der Waals surface area contributed by atoms with Gasteiger partial charge in [0.2, 0.25) is 0 Å². The fourth-order valence-corrected chi connectivity index (χ4v) is 5.15. The summed E-state index contributed by atoms with van der Waals surface area (Å²) in [6.45, 7) is 13.6. The first-order valence-electron chi connectivity index (χ1n) is 8.04. The first-order chi connectivity index (χ1) is 8.71. The second kappa shape index (κ2) is 6.70. The van der Waals surface area contributed by atoms with Gasteiger partial charge in [-0.1, -0.05) is 26.7 Å². The van der Waals surface area contributed by atoms with Gasteiger partial charge in [0.15, 0.2) is 0 Å². The lowest BCUT2D eigenvalue weighted by Crippen LogP contribution is -2.79. The Hall–Kier alpha value is 0.0969. The molecule has 0 aromatic carbocycles. The second-order valence-corrected chi connectivity index (χ2v) is 9.05. The minimum absolute atomic E-state index is 0.0596. The summed E-state index contributed by atoms with van der Waals surface area (Å²) >= 11 is 0. The minimum Gasteiger partial charge on any atom is -0.310 e. The van der Waals surface area contributed by atoms with Crippen molar-refractivity contribution in [1.82, 2.24) is 16.0 Å². The van der Waals surface area contributed by atoms with Crippen LogP contribution in [0.15, 0.2) is 0 Å². The predicted molar refractivity (Wildman–Crippen MR) is 88.7 cm³/mol. The zero-order valence-electron chi connectivity index (χ0n) is 14.1. The Morgan fingerprint density at radius 3 is 1.58 bits per heavy atom. The highest BCUT2D eigenvalue weighted by molar-refractivity contribution is 6.16. The molecule has 1 fully saturated rings. The molecule has 1 saturated carbocycles. The Labute approximate surface area is 123 Å². The molecule has 1 aliphatic rings. The lowest BCUT2D eigenvalue weighted by Gasteiger charge is -2.56. The molecule has 3 nitrogen and oxygen atoms in total. The molecule has 0 saturated heterocycles. The Bertz CT molecular complexity index is 269. The molecule has 1 unspecified atom stereocenters. The molecule has 1 aliphatic carbocycles. The maximum atomic E-state index is 3.90. The molecule has 0 bridgehead atoms. The molecule has 0 spiro atoms. The summed E-state index contributed by atoms with van der Waals surface area (Å²) < 4.78 is 0. The molecule has 0 heterocycles. The molecule has 3 N–H and O–H groups in total. The van der Waals surface area contributed by atoms with E-state index < -0.39 is 0 Å². The number of hydrogen-bond donors (Lipinski definition) is 3. The fraction of sp³-hybridized carbons (Fsp3) is 1.00. The van der Waals surface area contributed by atoms with Crippen LogP contribution in [0.3, 0.4) is 0 Å². The summed E-state index contributed by atoms with van der Waals surface area (Å²) in [7, 11) is 1.16. The van der Waals surface area contributed by atoms with Gasteiger partial charge in [-0.05, 0) is 40.5 Å². The Morgan fingerprint density at radius 2 is 1.16 bits per heavy atom. The average Bonchev–Trinajstić information content (AvgIpc) is 2.19. The fourth-order valence-electron chi connectivity index (χ4n) is 3.68. The molecule has 0 aromatic rings. The molecular weight excluding hydrogens is 250 g/mol. The normalized spacial score (nSPS) is 27.6. The van der Waals surface area contributed by atoms with E-state index in [2.05, 4.69) is 57.5 Å². The van der Waals surface area contributed by atoms with Crippen LogP contribution in [0.1, 0.15) is 67.2 Å². The zero-order valence-corrected chi connectivity index (χ0v) is 16.1. The van der Waals surface area contributed by atoms with E-state index in [9.17, 15) is 0 Å². The van der Waals surface area contributed by atoms with Gasteiger partial charge < -0.3 is 5.32 Å². The molecule has 1 atom stereocenters. The van der Waals surface area contributed by atoms with E-state index in [0.717, 1.165) is 10.2 Å². The van der Waals surface area contributed by atoms with Crippen molar-refractivity contribution in [1.29, 1.82) is 0 Å². The highest BCUT2D eigenvalue weighted by atomic mass is 28.1. The highest BCUT2D eigenvalue weighted by Crippen LogP contribution is 2.34. The maximum absolute atomic E-state index is 3.90. The summed E-state index contributed by atoms with van der Waals surface area (Å²) in [5, 5.41) is 11.9. The van der Waals surface area contributed by atoms with Crippen molar-refractivity contribution in [3.63, 3.8) is 0 Å². The molecule has 19 heavy (non-hydrogen) atoms. The standard InChI is InChI=1S/C15H35N3Si/c1-11(2)16-14(17-12(3)4)9-7-8-10-15(14,19)18-13(5)6/h11-13,16-18H,7-10H2,1-6,19H3. The van der Waals surface area contributed by atoms with Gasteiger partial charge >= 0.3 is 0 Å². The quantitative estimate of drug-likeness (QED) is 0.509. The second-order valence-electron chi connectivity index (χ2n) is 7.34. The average molecular weight is 286 g/mol.